The highest BCUT2D eigenvalue weighted by atomic mass is 32.2. The van der Waals surface area contributed by atoms with Crippen LogP contribution >= 0.6 is 11.8 Å². The van der Waals surface area contributed by atoms with E-state index in [0.29, 0.717) is 18.2 Å². The quantitative estimate of drug-likeness (QED) is 0.819. The summed E-state index contributed by atoms with van der Waals surface area (Å²) in [6, 6.07) is 1.72. The van der Waals surface area contributed by atoms with Gasteiger partial charge in [-0.25, -0.2) is 15.0 Å². The Hall–Kier alpha value is -1.60. The molecule has 0 saturated heterocycles. The Kier molecular flexibility index (Phi) is 3.60. The molecule has 17 heavy (non-hydrogen) atoms. The fraction of sp³-hybridized carbons (Fsp3) is 0.300. The van der Waals surface area contributed by atoms with Crippen LogP contribution in [0.25, 0.3) is 0 Å². The number of hydrogen-bond acceptors (Lipinski definition) is 6. The minimum absolute atomic E-state index is 0.346. The maximum Gasteiger partial charge on any atom is 0.174 e. The molecule has 2 N–H and O–H groups in total. The van der Waals surface area contributed by atoms with Gasteiger partial charge in [0.05, 0.1) is 0 Å². The summed E-state index contributed by atoms with van der Waals surface area (Å²) >= 11 is 1.44. The molecule has 0 fully saturated rings. The molecule has 6 nitrogen and oxygen atoms in total. The van der Waals surface area contributed by atoms with Crippen molar-refractivity contribution in [2.24, 2.45) is 7.05 Å². The number of nitrogens with two attached hydrogens (primary N) is 1. The number of ether oxygens (including phenoxy) is 1. The smallest absolute Gasteiger partial charge is 0.174 e. The number of methoxy groups -OCH3 is 1. The van der Waals surface area contributed by atoms with Crippen LogP contribution in [0.2, 0.25) is 0 Å². The van der Waals surface area contributed by atoms with E-state index in [1.54, 1.807) is 19.4 Å². The van der Waals surface area contributed by atoms with E-state index in [1.165, 1.54) is 11.8 Å². The zero-order chi connectivity index (χ0) is 12.3. The van der Waals surface area contributed by atoms with Crippen LogP contribution in [0.5, 0.6) is 0 Å². The van der Waals surface area contributed by atoms with Crippen molar-refractivity contribution in [3.63, 3.8) is 0 Å². The molecule has 0 aromatic carbocycles. The van der Waals surface area contributed by atoms with Crippen molar-refractivity contribution < 1.29 is 4.74 Å². The lowest BCUT2D eigenvalue weighted by Crippen LogP contribution is -2.02. The Morgan fingerprint density at radius 1 is 1.47 bits per heavy atom. The third-order valence-corrected chi connectivity index (χ3v) is 3.01. The third kappa shape index (κ3) is 2.95. The minimum Gasteiger partial charge on any atom is -0.384 e. The Morgan fingerprint density at radius 3 is 2.94 bits per heavy atom. The molecule has 2 rings (SSSR count). The molecule has 2 aromatic rings. The molecule has 0 unspecified atom stereocenters. The molecule has 0 aliphatic heterocycles. The summed E-state index contributed by atoms with van der Waals surface area (Å²) in [7, 11) is 3.52. The molecule has 0 aliphatic rings. The van der Waals surface area contributed by atoms with Gasteiger partial charge < -0.3 is 15.0 Å². The first kappa shape index (κ1) is 11.9. The number of anilines is 1. The second-order valence-corrected chi connectivity index (χ2v) is 4.39. The van der Waals surface area contributed by atoms with E-state index in [1.807, 2.05) is 17.8 Å². The highest BCUT2D eigenvalue weighted by Gasteiger charge is 2.07. The fourth-order valence-electron chi connectivity index (χ4n) is 1.28. The molecule has 0 bridgehead atoms. The zero-order valence-corrected chi connectivity index (χ0v) is 10.4. The topological polar surface area (TPSA) is 78.9 Å². The summed E-state index contributed by atoms with van der Waals surface area (Å²) < 4.78 is 6.90. The standard InChI is InChI=1S/C10H13N5OS/c1-15-4-3-12-10(15)17-9-5-7(11)13-8(14-9)6-16-2/h3-5H,6H2,1-2H3,(H2,11,13,14). The molecule has 2 heterocycles. The molecule has 0 saturated carbocycles. The predicted molar refractivity (Wildman–Crippen MR) is 64.5 cm³/mol. The van der Waals surface area contributed by atoms with Crippen molar-refractivity contribution in [2.45, 2.75) is 16.8 Å². The molecule has 0 spiro atoms. The number of nitrogens with zero attached hydrogens (tertiary/aromatic N) is 4. The maximum atomic E-state index is 5.71. The Bertz CT molecular complexity index is 513. The first-order chi connectivity index (χ1) is 8.19. The van der Waals surface area contributed by atoms with Crippen LogP contribution in [-0.4, -0.2) is 26.6 Å². The van der Waals surface area contributed by atoms with E-state index in [0.717, 1.165) is 10.2 Å². The maximum absolute atomic E-state index is 5.71. The van der Waals surface area contributed by atoms with Crippen molar-refractivity contribution in [1.82, 2.24) is 19.5 Å². The Morgan fingerprint density at radius 2 is 2.29 bits per heavy atom. The van der Waals surface area contributed by atoms with Gasteiger partial charge in [0.2, 0.25) is 0 Å². The number of imidazole rings is 1. The molecule has 90 valence electrons. The van der Waals surface area contributed by atoms with Gasteiger partial charge in [-0.3, -0.25) is 0 Å². The monoisotopic (exact) mass is 251 g/mol. The van der Waals surface area contributed by atoms with Gasteiger partial charge in [-0.2, -0.15) is 0 Å². The van der Waals surface area contributed by atoms with E-state index < -0.39 is 0 Å². The van der Waals surface area contributed by atoms with Crippen LogP contribution in [0.1, 0.15) is 5.82 Å². The molecule has 0 atom stereocenters. The fourth-order valence-corrected chi connectivity index (χ4v) is 2.12. The van der Waals surface area contributed by atoms with E-state index in [4.69, 9.17) is 10.5 Å². The van der Waals surface area contributed by atoms with Gasteiger partial charge in [-0.1, -0.05) is 0 Å². The second kappa shape index (κ2) is 5.15. The number of nitrogen functional groups attached to an aromatic ring is 1. The predicted octanol–water partition coefficient (Wildman–Crippen LogP) is 1.09. The summed E-state index contributed by atoms with van der Waals surface area (Å²) in [5.74, 6) is 1.01. The summed E-state index contributed by atoms with van der Waals surface area (Å²) in [6.45, 7) is 0.346. The molecule has 0 amide bonds. The number of rotatable bonds is 4. The van der Waals surface area contributed by atoms with E-state index >= 15 is 0 Å². The molecular weight excluding hydrogens is 238 g/mol. The van der Waals surface area contributed by atoms with Gasteiger partial charge in [0.1, 0.15) is 17.5 Å². The van der Waals surface area contributed by atoms with Crippen LogP contribution in [0.3, 0.4) is 0 Å². The second-order valence-electron chi connectivity index (χ2n) is 3.40. The normalized spacial score (nSPS) is 10.7. The first-order valence-corrected chi connectivity index (χ1v) is 5.78. The average Bonchev–Trinajstić information content (AvgIpc) is 2.64. The van der Waals surface area contributed by atoms with Gasteiger partial charge in [-0.05, 0) is 11.8 Å². The van der Waals surface area contributed by atoms with Gasteiger partial charge in [0, 0.05) is 32.6 Å². The largest absolute Gasteiger partial charge is 0.384 e. The number of aromatic nitrogens is 4. The minimum atomic E-state index is 0.346. The lowest BCUT2D eigenvalue weighted by molar-refractivity contribution is 0.177. The third-order valence-electron chi connectivity index (χ3n) is 2.02. The van der Waals surface area contributed by atoms with Crippen molar-refractivity contribution in [2.75, 3.05) is 12.8 Å². The van der Waals surface area contributed by atoms with Crippen molar-refractivity contribution >= 4 is 17.6 Å². The number of hydrogen-bond donors (Lipinski definition) is 1. The zero-order valence-electron chi connectivity index (χ0n) is 9.62. The van der Waals surface area contributed by atoms with Crippen LogP contribution in [-0.2, 0) is 18.4 Å². The Balaban J connectivity index is 2.23. The van der Waals surface area contributed by atoms with Gasteiger partial charge in [-0.15, -0.1) is 0 Å². The van der Waals surface area contributed by atoms with Gasteiger partial charge >= 0.3 is 0 Å². The van der Waals surface area contributed by atoms with Crippen molar-refractivity contribution in [1.29, 1.82) is 0 Å². The van der Waals surface area contributed by atoms with Crippen LogP contribution < -0.4 is 5.73 Å². The molecule has 7 heteroatoms. The summed E-state index contributed by atoms with van der Waals surface area (Å²) in [4.78, 5) is 12.6. The lowest BCUT2D eigenvalue weighted by Gasteiger charge is -2.04. The summed E-state index contributed by atoms with van der Waals surface area (Å²) in [6.07, 6.45) is 3.62. The highest BCUT2D eigenvalue weighted by Crippen LogP contribution is 2.24. The molecule has 0 aliphatic carbocycles. The van der Waals surface area contributed by atoms with E-state index in [-0.39, 0.29) is 0 Å². The summed E-state index contributed by atoms with van der Waals surface area (Å²) in [5, 5.41) is 1.62. The van der Waals surface area contributed by atoms with Gasteiger partial charge in [0.25, 0.3) is 0 Å². The summed E-state index contributed by atoms with van der Waals surface area (Å²) in [5.41, 5.74) is 5.71. The SMILES string of the molecule is COCc1nc(N)cc(Sc2nccn2C)n1. The lowest BCUT2D eigenvalue weighted by atomic mass is 10.5. The van der Waals surface area contributed by atoms with Crippen molar-refractivity contribution in [3.8, 4) is 0 Å². The number of aryl methyl sites for hydroxylation is 1. The van der Waals surface area contributed by atoms with Crippen molar-refractivity contribution in [3.05, 3.63) is 24.3 Å². The van der Waals surface area contributed by atoms with Crippen LogP contribution in [0.15, 0.2) is 28.6 Å². The van der Waals surface area contributed by atoms with Crippen LogP contribution in [0.4, 0.5) is 5.82 Å². The van der Waals surface area contributed by atoms with Gasteiger partial charge in [0.15, 0.2) is 11.0 Å². The van der Waals surface area contributed by atoms with E-state index in [9.17, 15) is 0 Å². The van der Waals surface area contributed by atoms with E-state index in [2.05, 4.69) is 15.0 Å². The molecular formula is C10H13N5OS. The Labute approximate surface area is 103 Å². The molecule has 0 radical (unpaired) electrons. The van der Waals surface area contributed by atoms with Crippen LogP contribution in [0, 0.1) is 0 Å². The molecule has 2 aromatic heterocycles. The average molecular weight is 251 g/mol. The first-order valence-electron chi connectivity index (χ1n) is 4.96. The highest BCUT2D eigenvalue weighted by molar-refractivity contribution is 7.99.